The van der Waals surface area contributed by atoms with Crippen LogP contribution in [0.25, 0.3) is 0 Å². The Bertz CT molecular complexity index is 995. The summed E-state index contributed by atoms with van der Waals surface area (Å²) in [6, 6.07) is 22.4. The van der Waals surface area contributed by atoms with Crippen LogP contribution in [0.15, 0.2) is 78.9 Å². The van der Waals surface area contributed by atoms with Crippen molar-refractivity contribution < 1.29 is 19.1 Å². The Morgan fingerprint density at radius 3 is 2.00 bits per heavy atom. The van der Waals surface area contributed by atoms with Gasteiger partial charge in [0.1, 0.15) is 0 Å². The van der Waals surface area contributed by atoms with E-state index in [9.17, 15) is 14.4 Å². The predicted octanol–water partition coefficient (Wildman–Crippen LogP) is 3.63. The third-order valence-electron chi connectivity index (χ3n) is 4.28. The van der Waals surface area contributed by atoms with Gasteiger partial charge < -0.3 is 10.1 Å². The Hall–Kier alpha value is -3.73. The van der Waals surface area contributed by atoms with Gasteiger partial charge in [-0.1, -0.05) is 60.7 Å². The molecule has 0 radical (unpaired) electrons. The molecule has 1 N–H and O–H groups in total. The summed E-state index contributed by atoms with van der Waals surface area (Å²) in [5, 5.41) is 2.82. The molecular formula is C23H19NO4. The van der Waals surface area contributed by atoms with E-state index in [1.807, 2.05) is 6.07 Å². The van der Waals surface area contributed by atoms with Crippen molar-refractivity contribution in [2.24, 2.45) is 0 Å². The lowest BCUT2D eigenvalue weighted by molar-refractivity contribution is 0.0600. The van der Waals surface area contributed by atoms with E-state index in [1.54, 1.807) is 72.8 Å². The van der Waals surface area contributed by atoms with Crippen molar-refractivity contribution >= 4 is 17.7 Å². The number of esters is 1. The summed E-state index contributed by atoms with van der Waals surface area (Å²) in [7, 11) is 1.32. The van der Waals surface area contributed by atoms with Crippen molar-refractivity contribution in [2.45, 2.75) is 6.54 Å². The van der Waals surface area contributed by atoms with Crippen molar-refractivity contribution in [2.75, 3.05) is 7.11 Å². The number of carbonyl (C=O) groups is 3. The minimum Gasteiger partial charge on any atom is -0.465 e. The highest BCUT2D eigenvalue weighted by Gasteiger charge is 2.17. The second kappa shape index (κ2) is 8.77. The van der Waals surface area contributed by atoms with Crippen LogP contribution >= 0.6 is 0 Å². The zero-order valence-electron chi connectivity index (χ0n) is 15.3. The van der Waals surface area contributed by atoms with Crippen LogP contribution in [0.3, 0.4) is 0 Å². The molecule has 3 rings (SSSR count). The van der Waals surface area contributed by atoms with E-state index in [-0.39, 0.29) is 18.2 Å². The number of ketones is 1. The maximum absolute atomic E-state index is 12.8. The molecule has 0 fully saturated rings. The smallest absolute Gasteiger partial charge is 0.337 e. The summed E-state index contributed by atoms with van der Waals surface area (Å²) in [6.45, 7) is 0.272. The largest absolute Gasteiger partial charge is 0.465 e. The standard InChI is InChI=1S/C23H19NO4/c1-28-23(27)18-13-11-16(12-14-18)15-24-22(26)20-10-6-5-9-19(20)21(25)17-7-3-2-4-8-17/h2-14H,15H2,1H3,(H,24,26). The van der Waals surface area contributed by atoms with Crippen LogP contribution in [0.2, 0.25) is 0 Å². The molecule has 0 aliphatic carbocycles. The Labute approximate surface area is 163 Å². The third-order valence-corrected chi connectivity index (χ3v) is 4.28. The molecule has 0 bridgehead atoms. The number of hydrogen-bond acceptors (Lipinski definition) is 4. The molecule has 140 valence electrons. The number of methoxy groups -OCH3 is 1. The van der Waals surface area contributed by atoms with Crippen LogP contribution in [-0.4, -0.2) is 24.8 Å². The second-order valence-corrected chi connectivity index (χ2v) is 6.11. The van der Waals surface area contributed by atoms with Gasteiger partial charge in [-0.25, -0.2) is 4.79 Å². The third kappa shape index (κ3) is 4.32. The molecule has 0 aromatic heterocycles. The minimum absolute atomic E-state index is 0.200. The average molecular weight is 373 g/mol. The quantitative estimate of drug-likeness (QED) is 0.529. The average Bonchev–Trinajstić information content (AvgIpc) is 2.77. The van der Waals surface area contributed by atoms with Gasteiger partial charge in [0.05, 0.1) is 18.2 Å². The number of hydrogen-bond donors (Lipinski definition) is 1. The summed E-state index contributed by atoms with van der Waals surface area (Å²) in [6.07, 6.45) is 0. The van der Waals surface area contributed by atoms with Crippen molar-refractivity contribution in [3.05, 3.63) is 107 Å². The molecule has 0 aliphatic heterocycles. The van der Waals surface area contributed by atoms with E-state index >= 15 is 0 Å². The molecule has 1 amide bonds. The fourth-order valence-corrected chi connectivity index (χ4v) is 2.78. The molecule has 0 saturated carbocycles. The van der Waals surface area contributed by atoms with E-state index in [2.05, 4.69) is 10.1 Å². The highest BCUT2D eigenvalue weighted by molar-refractivity contribution is 6.15. The van der Waals surface area contributed by atoms with Crippen LogP contribution in [-0.2, 0) is 11.3 Å². The van der Waals surface area contributed by atoms with Gasteiger partial charge in [0.15, 0.2) is 5.78 Å². The zero-order valence-corrected chi connectivity index (χ0v) is 15.3. The maximum Gasteiger partial charge on any atom is 0.337 e. The molecule has 28 heavy (non-hydrogen) atoms. The van der Waals surface area contributed by atoms with E-state index < -0.39 is 5.97 Å². The summed E-state index contributed by atoms with van der Waals surface area (Å²) >= 11 is 0. The predicted molar refractivity (Wildman–Crippen MR) is 105 cm³/mol. The van der Waals surface area contributed by atoms with E-state index in [0.717, 1.165) is 5.56 Å². The lowest BCUT2D eigenvalue weighted by Gasteiger charge is -2.10. The molecule has 0 aliphatic rings. The highest BCUT2D eigenvalue weighted by atomic mass is 16.5. The number of ether oxygens (including phenoxy) is 1. The molecule has 0 unspecified atom stereocenters. The van der Waals surface area contributed by atoms with Crippen molar-refractivity contribution in [3.63, 3.8) is 0 Å². The summed E-state index contributed by atoms with van der Waals surface area (Å²) in [5.41, 5.74) is 2.47. The number of nitrogens with one attached hydrogen (secondary N) is 1. The molecule has 0 saturated heterocycles. The first kappa shape index (κ1) is 19.0. The normalized spacial score (nSPS) is 10.2. The first-order chi connectivity index (χ1) is 13.6. The molecule has 0 heterocycles. The molecule has 0 atom stereocenters. The molecule has 5 heteroatoms. The maximum atomic E-state index is 12.8. The SMILES string of the molecule is COC(=O)c1ccc(CNC(=O)c2ccccc2C(=O)c2ccccc2)cc1. The van der Waals surface area contributed by atoms with Gasteiger partial charge in [-0.05, 0) is 23.8 Å². The number of rotatable bonds is 6. The van der Waals surface area contributed by atoms with Crippen LogP contribution < -0.4 is 5.32 Å². The summed E-state index contributed by atoms with van der Waals surface area (Å²) < 4.78 is 4.66. The second-order valence-electron chi connectivity index (χ2n) is 6.11. The van der Waals surface area contributed by atoms with Crippen molar-refractivity contribution in [3.8, 4) is 0 Å². The van der Waals surface area contributed by atoms with Gasteiger partial charge in [0.2, 0.25) is 0 Å². The van der Waals surface area contributed by atoms with E-state index in [0.29, 0.717) is 22.3 Å². The Morgan fingerprint density at radius 2 is 1.36 bits per heavy atom. The summed E-state index contributed by atoms with van der Waals surface area (Å²) in [4.78, 5) is 36.9. The molecular weight excluding hydrogens is 354 g/mol. The molecule has 3 aromatic carbocycles. The van der Waals surface area contributed by atoms with Crippen LogP contribution in [0.5, 0.6) is 0 Å². The van der Waals surface area contributed by atoms with Gasteiger partial charge in [0, 0.05) is 17.7 Å². The molecule has 5 nitrogen and oxygen atoms in total. The first-order valence-electron chi connectivity index (χ1n) is 8.74. The van der Waals surface area contributed by atoms with Crippen molar-refractivity contribution in [1.29, 1.82) is 0 Å². The lowest BCUT2D eigenvalue weighted by Crippen LogP contribution is -2.25. The Balaban J connectivity index is 1.73. The monoisotopic (exact) mass is 373 g/mol. The minimum atomic E-state index is -0.413. The van der Waals surface area contributed by atoms with Crippen LogP contribution in [0.1, 0.15) is 42.2 Å². The Kier molecular flexibility index (Phi) is 5.97. The van der Waals surface area contributed by atoms with E-state index in [4.69, 9.17) is 0 Å². The number of carbonyl (C=O) groups excluding carboxylic acids is 3. The van der Waals surface area contributed by atoms with Gasteiger partial charge in [0.25, 0.3) is 5.91 Å². The van der Waals surface area contributed by atoms with Gasteiger partial charge >= 0.3 is 5.97 Å². The highest BCUT2D eigenvalue weighted by Crippen LogP contribution is 2.15. The molecule has 3 aromatic rings. The van der Waals surface area contributed by atoms with Gasteiger partial charge in [-0.3, -0.25) is 9.59 Å². The zero-order chi connectivity index (χ0) is 19.9. The fraction of sp³-hybridized carbons (Fsp3) is 0.0870. The number of amides is 1. The van der Waals surface area contributed by atoms with E-state index in [1.165, 1.54) is 7.11 Å². The van der Waals surface area contributed by atoms with Gasteiger partial charge in [-0.2, -0.15) is 0 Å². The number of benzene rings is 3. The fourth-order valence-electron chi connectivity index (χ4n) is 2.78. The Morgan fingerprint density at radius 1 is 0.750 bits per heavy atom. The lowest BCUT2D eigenvalue weighted by atomic mass is 9.98. The van der Waals surface area contributed by atoms with Crippen LogP contribution in [0, 0.1) is 0 Å². The topological polar surface area (TPSA) is 72.5 Å². The van der Waals surface area contributed by atoms with Crippen LogP contribution in [0.4, 0.5) is 0 Å². The van der Waals surface area contributed by atoms with Gasteiger partial charge in [-0.15, -0.1) is 0 Å². The molecule has 0 spiro atoms. The summed E-state index contributed by atoms with van der Waals surface area (Å²) in [5.74, 6) is -0.949. The van der Waals surface area contributed by atoms with Crippen molar-refractivity contribution in [1.82, 2.24) is 5.32 Å². The first-order valence-corrected chi connectivity index (χ1v) is 8.74.